The van der Waals surface area contributed by atoms with Crippen LogP contribution in [0.3, 0.4) is 0 Å². The summed E-state index contributed by atoms with van der Waals surface area (Å²) in [7, 11) is 3.86. The van der Waals surface area contributed by atoms with E-state index in [-0.39, 0.29) is 63.2 Å². The average Bonchev–Trinajstić information content (AvgIpc) is 4.37. The van der Waals surface area contributed by atoms with Crippen LogP contribution in [0.15, 0.2) is 183 Å². The van der Waals surface area contributed by atoms with Gasteiger partial charge in [-0.1, -0.05) is 66.0 Å². The van der Waals surface area contributed by atoms with Crippen LogP contribution in [-0.4, -0.2) is 44.1 Å². The minimum atomic E-state index is -4.54. The zero-order valence-electron chi connectivity index (χ0n) is 40.6. The summed E-state index contributed by atoms with van der Waals surface area (Å²) in [6, 6.07) is 55.7. The molecule has 0 unspecified atom stereocenters. The topological polar surface area (TPSA) is 92.7 Å². The molecule has 0 aliphatic carbocycles. The van der Waals surface area contributed by atoms with E-state index in [2.05, 4.69) is 54.6 Å². The fourth-order valence-electron chi connectivity index (χ4n) is 7.57. The number of hydrogen-bond donors (Lipinski definition) is 0. The van der Waals surface area contributed by atoms with E-state index in [9.17, 15) is 35.1 Å². The molecular weight excluding hydrogens is 1370 g/mol. The number of fused-ring (bicyclic) bond motifs is 2. The summed E-state index contributed by atoms with van der Waals surface area (Å²) in [6.07, 6.45) is -1.45. The van der Waals surface area contributed by atoms with Crippen LogP contribution in [0.2, 0.25) is 0 Å². The van der Waals surface area contributed by atoms with Crippen LogP contribution in [0.5, 0.6) is 0 Å². The maximum absolute atomic E-state index is 12.8. The predicted octanol–water partition coefficient (Wildman–Crippen LogP) is 13.4. The van der Waals surface area contributed by atoms with E-state index in [1.165, 1.54) is 24.3 Å². The zero-order chi connectivity index (χ0) is 53.4. The van der Waals surface area contributed by atoms with Gasteiger partial charge in [0.2, 0.25) is 0 Å². The third-order valence-electron chi connectivity index (χ3n) is 11.2. The molecule has 2 aliphatic heterocycles. The molecule has 78 heavy (non-hydrogen) atoms. The number of anilines is 2. The normalized spacial score (nSPS) is 12.7. The number of aromatic nitrogens is 6. The van der Waals surface area contributed by atoms with Crippen molar-refractivity contribution in [2.45, 2.75) is 12.4 Å². The van der Waals surface area contributed by atoms with E-state index >= 15 is 0 Å². The second kappa shape index (κ2) is 25.4. The third kappa shape index (κ3) is 14.3. The Bertz CT molecular complexity index is 3540. The maximum Gasteiger partial charge on any atom is 0.431 e. The van der Waals surface area contributed by atoms with Crippen LogP contribution in [0.25, 0.3) is 66.8 Å². The molecule has 0 saturated heterocycles. The average molecular weight is 1410 g/mol. The van der Waals surface area contributed by atoms with Gasteiger partial charge in [-0.25, -0.2) is 0 Å². The molecule has 20 heteroatoms. The first-order chi connectivity index (χ1) is 36.6. The summed E-state index contributed by atoms with van der Waals surface area (Å²) < 4.78 is 102. The van der Waals surface area contributed by atoms with Crippen molar-refractivity contribution in [1.82, 2.24) is 40.2 Å². The van der Waals surface area contributed by atoms with E-state index in [0.717, 1.165) is 56.2 Å². The van der Waals surface area contributed by atoms with Gasteiger partial charge in [-0.2, -0.15) is 51.8 Å². The number of rotatable bonds is 6. The summed E-state index contributed by atoms with van der Waals surface area (Å²) >= 11 is 0. The van der Waals surface area contributed by atoms with Crippen molar-refractivity contribution in [3.05, 3.63) is 243 Å². The van der Waals surface area contributed by atoms with Gasteiger partial charge in [-0.05, 0) is 84.6 Å². The van der Waals surface area contributed by atoms with Gasteiger partial charge in [0.15, 0.2) is 0 Å². The zero-order valence-corrected chi connectivity index (χ0v) is 45.4. The van der Waals surface area contributed by atoms with Gasteiger partial charge < -0.3 is 40.0 Å². The van der Waals surface area contributed by atoms with Crippen molar-refractivity contribution < 1.29 is 75.3 Å². The van der Waals surface area contributed by atoms with Crippen molar-refractivity contribution in [2.24, 2.45) is 0 Å². The molecule has 10 aromatic rings. The van der Waals surface area contributed by atoms with Crippen LogP contribution in [0.1, 0.15) is 11.4 Å². The van der Waals surface area contributed by atoms with Crippen LogP contribution in [0, 0.1) is 49.2 Å². The molecule has 6 aromatic carbocycles. The summed E-state index contributed by atoms with van der Waals surface area (Å²) in [5.74, 6) is -0.527. The van der Waals surface area contributed by atoms with Gasteiger partial charge >= 0.3 is 12.4 Å². The number of halogens is 8. The molecule has 0 bridgehead atoms. The number of nitrogens with zero attached hydrogens (tertiary/aromatic N) is 10. The van der Waals surface area contributed by atoms with E-state index < -0.39 is 23.7 Å². The Kier molecular flexibility index (Phi) is 18.8. The molecule has 0 atom stereocenters. The smallest absolute Gasteiger partial charge is 0.431 e. The summed E-state index contributed by atoms with van der Waals surface area (Å²) in [6.45, 7) is 3.79. The molecule has 4 aromatic heterocycles. The molecule has 2 aliphatic rings. The largest absolute Gasteiger partial charge is 0.573 e. The Morgan fingerprint density at radius 1 is 0.474 bits per heavy atom. The number of alkyl halides is 6. The number of benzene rings is 6. The van der Waals surface area contributed by atoms with E-state index in [1.54, 1.807) is 36.4 Å². The number of hydrogen-bond acceptors (Lipinski definition) is 8. The van der Waals surface area contributed by atoms with Crippen molar-refractivity contribution in [3.63, 3.8) is 0 Å². The molecule has 2 radical (unpaired) electrons. The van der Waals surface area contributed by atoms with Crippen molar-refractivity contribution in [3.8, 4) is 45.3 Å². The Balaban J connectivity index is 0.000000156. The molecule has 0 saturated carbocycles. The quantitative estimate of drug-likeness (QED) is 0.118. The Hall–Kier alpha value is -8.02. The first-order valence-electron chi connectivity index (χ1n) is 22.9. The molecule has 0 amide bonds. The monoisotopic (exact) mass is 1410 g/mol. The summed E-state index contributed by atoms with van der Waals surface area (Å²) in [5.41, 5.74) is 3.30. The molecular formula is C58H38F8Ir2N10-8. The van der Waals surface area contributed by atoms with Gasteiger partial charge in [0.05, 0.1) is 0 Å². The van der Waals surface area contributed by atoms with Crippen LogP contribution in [-0.2, 0) is 52.6 Å². The first kappa shape index (κ1) is 57.7. The molecule has 0 fully saturated rings. The molecule has 12 rings (SSSR count). The van der Waals surface area contributed by atoms with Crippen LogP contribution >= 0.6 is 0 Å². The van der Waals surface area contributed by atoms with Gasteiger partial charge in [-0.15, -0.1) is 120 Å². The minimum Gasteiger partial charge on any atom is -0.573 e. The molecule has 10 nitrogen and oxygen atoms in total. The number of pyridine rings is 2. The Labute approximate surface area is 470 Å². The molecule has 0 N–H and O–H groups in total. The SMILES string of the molecule is CN1C=CN(c2[c-]cc(F)cc2)[CH-]1.CN1C=CN(c2[c-]cc(F)cc2)[CH-]1.FC(F)(F)c1cc(-c2cc3ccccc3c(-c3[c-]cccc3)n2)[n-]n1.FC(F)(F)c1cc(-c2nc(-c3[c-]cccc3)cc3ccccc23)[n-]n1.[Ir].[Ir]. The summed E-state index contributed by atoms with van der Waals surface area (Å²) in [4.78, 5) is 16.6. The van der Waals surface area contributed by atoms with Gasteiger partial charge in [0.25, 0.3) is 0 Å². The second-order valence-corrected chi connectivity index (χ2v) is 16.7. The Morgan fingerprint density at radius 3 is 1.37 bits per heavy atom. The molecule has 6 heterocycles. The van der Waals surface area contributed by atoms with E-state index in [1.807, 2.05) is 157 Å². The van der Waals surface area contributed by atoms with Gasteiger partial charge in [-0.3, -0.25) is 18.7 Å². The third-order valence-corrected chi connectivity index (χ3v) is 11.2. The van der Waals surface area contributed by atoms with Crippen LogP contribution < -0.4 is 20.0 Å². The fraction of sp³-hybridized carbons (Fsp3) is 0.0690. The fourth-order valence-corrected chi connectivity index (χ4v) is 7.57. The van der Waals surface area contributed by atoms with Crippen molar-refractivity contribution in [1.29, 1.82) is 0 Å². The second-order valence-electron chi connectivity index (χ2n) is 16.7. The van der Waals surface area contributed by atoms with Crippen LogP contribution in [0.4, 0.5) is 46.5 Å². The minimum absolute atomic E-state index is 0. The van der Waals surface area contributed by atoms with Gasteiger partial charge in [0.1, 0.15) is 11.4 Å². The predicted molar refractivity (Wildman–Crippen MR) is 273 cm³/mol. The maximum atomic E-state index is 12.8. The van der Waals surface area contributed by atoms with Gasteiger partial charge in [0, 0.05) is 68.6 Å². The van der Waals surface area contributed by atoms with Crippen molar-refractivity contribution >= 4 is 32.9 Å². The molecule has 402 valence electrons. The molecule has 0 spiro atoms. The standard InChI is InChI=1S/2C19H10F3N3.2C10H9FN2.2Ir/c20-19(21,22)17-11-16(24-25-17)15-10-13-8-4-5-9-14(13)18(23-15)12-6-2-1-3-7-12;20-19(21,22)17-11-16(24-25-17)18-14-9-5-4-8-13(14)10-15(23-18)12-6-2-1-3-7-12;2*1-12-6-7-13(8-12)10-4-2-9(11)3-5-10;;/h2*1-6,8-11H;2*2-4,6-8H,1H3;;/q4*-2;;. The van der Waals surface area contributed by atoms with E-state index in [0.29, 0.717) is 22.8 Å². The van der Waals surface area contributed by atoms with E-state index in [4.69, 9.17) is 0 Å². The first-order valence-corrected chi connectivity index (χ1v) is 22.9. The Morgan fingerprint density at radius 2 is 0.923 bits per heavy atom. The summed E-state index contributed by atoms with van der Waals surface area (Å²) in [5, 5.41) is 17.1. The van der Waals surface area contributed by atoms with Crippen molar-refractivity contribution in [2.75, 3.05) is 23.9 Å².